The summed E-state index contributed by atoms with van der Waals surface area (Å²) in [5, 5.41) is 17.2. The van der Waals surface area contributed by atoms with E-state index < -0.39 is 28.8 Å². The van der Waals surface area contributed by atoms with Crippen molar-refractivity contribution >= 4 is 10.0 Å². The van der Waals surface area contributed by atoms with Gasteiger partial charge in [0.25, 0.3) is 0 Å². The molecular weight excluding hydrogens is 285 g/mol. The van der Waals surface area contributed by atoms with Gasteiger partial charge >= 0.3 is 6.18 Å². The Labute approximate surface area is 107 Å². The first-order chi connectivity index (χ1) is 8.66. The quantitative estimate of drug-likeness (QED) is 0.858. The minimum Gasteiger partial charge on any atom is -0.382 e. The van der Waals surface area contributed by atoms with Crippen LogP contribution in [0.25, 0.3) is 0 Å². The molecular formula is C10H9F3N2O3S. The van der Waals surface area contributed by atoms with Crippen molar-refractivity contribution in [1.82, 2.24) is 4.72 Å². The Morgan fingerprint density at radius 3 is 2.26 bits per heavy atom. The van der Waals surface area contributed by atoms with E-state index in [-0.39, 0.29) is 10.5 Å². The molecule has 1 aromatic carbocycles. The first-order valence-corrected chi connectivity index (χ1v) is 6.40. The van der Waals surface area contributed by atoms with Crippen LogP contribution in [0.2, 0.25) is 0 Å². The van der Waals surface area contributed by atoms with Crippen LogP contribution in [0.5, 0.6) is 0 Å². The summed E-state index contributed by atoms with van der Waals surface area (Å²) in [6.45, 7) is -1.17. The number of nitriles is 1. The number of alkyl halides is 3. The van der Waals surface area contributed by atoms with Crippen molar-refractivity contribution in [1.29, 1.82) is 5.26 Å². The number of hydrogen-bond acceptors (Lipinski definition) is 4. The lowest BCUT2D eigenvalue weighted by Crippen LogP contribution is -2.40. The van der Waals surface area contributed by atoms with Crippen LogP contribution in [0.1, 0.15) is 5.56 Å². The number of aliphatic hydroxyl groups is 1. The molecule has 0 bridgehead atoms. The molecule has 0 aliphatic heterocycles. The van der Waals surface area contributed by atoms with E-state index in [4.69, 9.17) is 10.4 Å². The minimum absolute atomic E-state index is 0.217. The van der Waals surface area contributed by atoms with Crippen molar-refractivity contribution in [3.05, 3.63) is 29.8 Å². The highest BCUT2D eigenvalue weighted by molar-refractivity contribution is 7.89. The lowest BCUT2D eigenvalue weighted by Gasteiger charge is -2.15. The predicted molar refractivity (Wildman–Crippen MR) is 58.4 cm³/mol. The van der Waals surface area contributed by atoms with Gasteiger partial charge in [0.15, 0.2) is 6.10 Å². The van der Waals surface area contributed by atoms with Crippen molar-refractivity contribution in [2.75, 3.05) is 6.54 Å². The van der Waals surface area contributed by atoms with Gasteiger partial charge in [0.2, 0.25) is 10.0 Å². The monoisotopic (exact) mass is 294 g/mol. The van der Waals surface area contributed by atoms with Crippen molar-refractivity contribution in [2.24, 2.45) is 0 Å². The van der Waals surface area contributed by atoms with E-state index >= 15 is 0 Å². The van der Waals surface area contributed by atoms with Crippen molar-refractivity contribution in [3.63, 3.8) is 0 Å². The van der Waals surface area contributed by atoms with Crippen LogP contribution in [0.4, 0.5) is 13.2 Å². The van der Waals surface area contributed by atoms with E-state index in [2.05, 4.69) is 0 Å². The van der Waals surface area contributed by atoms with E-state index in [9.17, 15) is 21.6 Å². The summed E-state index contributed by atoms with van der Waals surface area (Å²) in [5.74, 6) is 0. The number of benzene rings is 1. The second kappa shape index (κ2) is 5.56. The number of nitrogens with one attached hydrogen (secondary N) is 1. The van der Waals surface area contributed by atoms with Crippen molar-refractivity contribution < 1.29 is 26.7 Å². The predicted octanol–water partition coefficient (Wildman–Crippen LogP) is 0.760. The number of nitrogens with zero attached hydrogens (tertiary/aromatic N) is 1. The fraction of sp³-hybridized carbons (Fsp3) is 0.300. The maximum absolute atomic E-state index is 12.0. The largest absolute Gasteiger partial charge is 0.415 e. The Hall–Kier alpha value is -1.63. The summed E-state index contributed by atoms with van der Waals surface area (Å²) < 4.78 is 60.8. The molecule has 0 aliphatic carbocycles. The Morgan fingerprint density at radius 2 is 1.84 bits per heavy atom. The average molecular weight is 294 g/mol. The van der Waals surface area contributed by atoms with Gasteiger partial charge in [0.1, 0.15) is 0 Å². The van der Waals surface area contributed by atoms with Gasteiger partial charge in [-0.1, -0.05) is 0 Å². The Kier molecular flexibility index (Phi) is 4.52. The summed E-state index contributed by atoms with van der Waals surface area (Å²) >= 11 is 0. The second-order valence-corrected chi connectivity index (χ2v) is 5.31. The van der Waals surface area contributed by atoms with Gasteiger partial charge in [-0.3, -0.25) is 0 Å². The zero-order chi connectivity index (χ0) is 14.7. The van der Waals surface area contributed by atoms with Crippen LogP contribution < -0.4 is 4.72 Å². The fourth-order valence-corrected chi connectivity index (χ4v) is 2.13. The van der Waals surface area contributed by atoms with Gasteiger partial charge < -0.3 is 5.11 Å². The maximum Gasteiger partial charge on any atom is 0.415 e. The molecule has 0 amide bonds. The summed E-state index contributed by atoms with van der Waals surface area (Å²) in [6, 6.07) is 6.37. The number of sulfonamides is 1. The summed E-state index contributed by atoms with van der Waals surface area (Å²) in [5.41, 5.74) is 0.217. The molecule has 0 saturated heterocycles. The van der Waals surface area contributed by atoms with Crippen LogP contribution in [0, 0.1) is 11.3 Å². The molecule has 0 radical (unpaired) electrons. The Morgan fingerprint density at radius 1 is 1.32 bits per heavy atom. The molecule has 1 atom stereocenters. The molecule has 0 aromatic heterocycles. The van der Waals surface area contributed by atoms with Gasteiger partial charge in [-0.25, -0.2) is 13.1 Å². The molecule has 0 heterocycles. The van der Waals surface area contributed by atoms with E-state index in [0.717, 1.165) is 12.1 Å². The van der Waals surface area contributed by atoms with Crippen molar-refractivity contribution in [3.8, 4) is 6.07 Å². The standard InChI is InChI=1S/C10H9F3N2O3S/c11-10(12,13)9(16)6-15-19(17,18)8-3-1-7(5-14)2-4-8/h1-4,9,15-16H,6H2/t9-/m1/s1. The normalized spacial score (nSPS) is 13.8. The number of rotatable bonds is 4. The Bertz CT molecular complexity index is 576. The third-order valence-corrected chi connectivity index (χ3v) is 3.58. The topological polar surface area (TPSA) is 90.2 Å². The van der Waals surface area contributed by atoms with Gasteiger partial charge in [-0.05, 0) is 24.3 Å². The smallest absolute Gasteiger partial charge is 0.382 e. The molecule has 104 valence electrons. The third-order valence-electron chi connectivity index (χ3n) is 2.14. The third kappa shape index (κ3) is 4.20. The highest BCUT2D eigenvalue weighted by atomic mass is 32.2. The van der Waals surface area contributed by atoms with Crippen LogP contribution in [0.3, 0.4) is 0 Å². The summed E-state index contributed by atoms with van der Waals surface area (Å²) in [6.07, 6.45) is -7.67. The molecule has 2 N–H and O–H groups in total. The molecule has 0 fully saturated rings. The van der Waals surface area contributed by atoms with Gasteiger partial charge in [-0.15, -0.1) is 0 Å². The summed E-state index contributed by atoms with van der Waals surface area (Å²) in [7, 11) is -4.16. The van der Waals surface area contributed by atoms with Gasteiger partial charge in [0.05, 0.1) is 16.5 Å². The molecule has 0 aliphatic rings. The SMILES string of the molecule is N#Cc1ccc(S(=O)(=O)NC[C@@H](O)C(F)(F)F)cc1. The first kappa shape index (κ1) is 15.4. The molecule has 9 heteroatoms. The molecule has 0 spiro atoms. The highest BCUT2D eigenvalue weighted by Crippen LogP contribution is 2.20. The van der Waals surface area contributed by atoms with Crippen LogP contribution in [-0.4, -0.2) is 32.3 Å². The summed E-state index contributed by atoms with van der Waals surface area (Å²) in [4.78, 5) is -0.291. The lowest BCUT2D eigenvalue weighted by atomic mass is 10.2. The van der Waals surface area contributed by atoms with E-state index in [1.54, 1.807) is 10.8 Å². The van der Waals surface area contributed by atoms with Crippen LogP contribution >= 0.6 is 0 Å². The first-order valence-electron chi connectivity index (χ1n) is 4.91. The number of hydrogen-bond donors (Lipinski definition) is 2. The molecule has 0 saturated carbocycles. The van der Waals surface area contributed by atoms with Crippen molar-refractivity contribution in [2.45, 2.75) is 17.2 Å². The zero-order valence-corrected chi connectivity index (χ0v) is 10.2. The van der Waals surface area contributed by atoms with Crippen LogP contribution in [-0.2, 0) is 10.0 Å². The molecule has 0 unspecified atom stereocenters. The fourth-order valence-electron chi connectivity index (χ4n) is 1.10. The molecule has 1 rings (SSSR count). The highest BCUT2D eigenvalue weighted by Gasteiger charge is 2.38. The van der Waals surface area contributed by atoms with Gasteiger partial charge in [-0.2, -0.15) is 18.4 Å². The lowest BCUT2D eigenvalue weighted by molar-refractivity contribution is -0.200. The number of aliphatic hydroxyl groups excluding tert-OH is 1. The zero-order valence-electron chi connectivity index (χ0n) is 9.35. The average Bonchev–Trinajstić information content (AvgIpc) is 2.35. The van der Waals surface area contributed by atoms with E-state index in [1.165, 1.54) is 12.1 Å². The van der Waals surface area contributed by atoms with E-state index in [1.807, 2.05) is 0 Å². The number of halogens is 3. The molecule has 19 heavy (non-hydrogen) atoms. The second-order valence-electron chi connectivity index (χ2n) is 3.55. The molecule has 5 nitrogen and oxygen atoms in total. The molecule has 1 aromatic rings. The maximum atomic E-state index is 12.0. The Balaban J connectivity index is 2.79. The van der Waals surface area contributed by atoms with E-state index in [0.29, 0.717) is 0 Å². The van der Waals surface area contributed by atoms with Crippen LogP contribution in [0.15, 0.2) is 29.2 Å². The minimum atomic E-state index is -4.90. The van der Waals surface area contributed by atoms with Gasteiger partial charge in [0, 0.05) is 6.54 Å².